The largest absolute Gasteiger partial charge is 0.466 e. The third-order valence-electron chi connectivity index (χ3n) is 5.30. The van der Waals surface area contributed by atoms with E-state index in [4.69, 9.17) is 4.74 Å². The van der Waals surface area contributed by atoms with Crippen molar-refractivity contribution in [1.82, 2.24) is 10.2 Å². The number of benzene rings is 2. The number of esters is 1. The average molecular weight is 439 g/mol. The number of halogens is 1. The highest BCUT2D eigenvalue weighted by Gasteiger charge is 2.36. The molecule has 1 heterocycles. The van der Waals surface area contributed by atoms with Crippen LogP contribution >= 0.6 is 0 Å². The molecule has 8 heteroatoms. The minimum absolute atomic E-state index is 0.180. The summed E-state index contributed by atoms with van der Waals surface area (Å²) in [6.07, 6.45) is 1.70. The van der Waals surface area contributed by atoms with Gasteiger partial charge in [0, 0.05) is 23.5 Å². The van der Waals surface area contributed by atoms with Crippen LogP contribution in [0.5, 0.6) is 0 Å². The number of rotatable bonds is 7. The highest BCUT2D eigenvalue weighted by Crippen LogP contribution is 2.32. The highest BCUT2D eigenvalue weighted by atomic mass is 19.1. The number of unbranched alkanes of at least 4 members (excludes halogenated alkanes) is 1. The Morgan fingerprint density at radius 1 is 1.19 bits per heavy atom. The van der Waals surface area contributed by atoms with Crippen molar-refractivity contribution >= 4 is 23.6 Å². The number of hydrogen-bond acceptors (Lipinski definition) is 4. The van der Waals surface area contributed by atoms with Crippen LogP contribution in [-0.2, 0) is 9.53 Å². The van der Waals surface area contributed by atoms with Gasteiger partial charge in [-0.1, -0.05) is 31.5 Å². The highest BCUT2D eigenvalue weighted by molar-refractivity contribution is 6.04. The van der Waals surface area contributed by atoms with Gasteiger partial charge in [0.15, 0.2) is 0 Å². The number of methoxy groups -OCH3 is 1. The molecular weight excluding hydrogens is 413 g/mol. The maximum atomic E-state index is 13.4. The van der Waals surface area contributed by atoms with E-state index in [0.29, 0.717) is 29.1 Å². The monoisotopic (exact) mass is 439 g/mol. The Kier molecular flexibility index (Phi) is 7.25. The van der Waals surface area contributed by atoms with Gasteiger partial charge in [0.25, 0.3) is 5.91 Å². The van der Waals surface area contributed by atoms with Gasteiger partial charge in [0.05, 0.1) is 18.7 Å². The number of anilines is 1. The van der Waals surface area contributed by atoms with Crippen molar-refractivity contribution in [1.29, 1.82) is 0 Å². The minimum atomic E-state index is -0.737. The summed E-state index contributed by atoms with van der Waals surface area (Å²) in [5.41, 5.74) is 2.09. The molecule has 0 bridgehead atoms. The van der Waals surface area contributed by atoms with Gasteiger partial charge in [-0.2, -0.15) is 0 Å². The first-order valence-electron chi connectivity index (χ1n) is 10.4. The standard InChI is InChI=1S/C24H26FN3O4/c1-4-5-12-28-15(2)20(23(30)32-3)21(27-24(28)31)16-8-7-11-19(14-16)26-22(29)17-9-6-10-18(25)13-17/h6-11,13-14,21H,4-5,12H2,1-3H3,(H,26,29)(H,27,31). The number of nitrogens with one attached hydrogen (secondary N) is 2. The fourth-order valence-corrected chi connectivity index (χ4v) is 3.62. The van der Waals surface area contributed by atoms with Crippen molar-refractivity contribution in [2.45, 2.75) is 32.7 Å². The normalized spacial score (nSPS) is 15.9. The van der Waals surface area contributed by atoms with Crippen LogP contribution in [0.3, 0.4) is 0 Å². The molecule has 0 aromatic heterocycles. The van der Waals surface area contributed by atoms with Gasteiger partial charge in [-0.25, -0.2) is 14.0 Å². The maximum Gasteiger partial charge on any atom is 0.337 e. The number of nitrogens with zero attached hydrogens (tertiary/aromatic N) is 1. The maximum absolute atomic E-state index is 13.4. The Hall–Kier alpha value is -3.68. The molecule has 1 unspecified atom stereocenters. The summed E-state index contributed by atoms with van der Waals surface area (Å²) in [5, 5.41) is 5.59. The van der Waals surface area contributed by atoms with E-state index in [1.165, 1.54) is 25.3 Å². The second kappa shape index (κ2) is 10.1. The van der Waals surface area contributed by atoms with Gasteiger partial charge in [-0.3, -0.25) is 9.69 Å². The lowest BCUT2D eigenvalue weighted by Crippen LogP contribution is -2.48. The van der Waals surface area contributed by atoms with Gasteiger partial charge >= 0.3 is 12.0 Å². The van der Waals surface area contributed by atoms with E-state index in [-0.39, 0.29) is 11.6 Å². The molecule has 2 aromatic rings. The van der Waals surface area contributed by atoms with Crippen LogP contribution in [0.4, 0.5) is 14.9 Å². The molecule has 0 saturated heterocycles. The summed E-state index contributed by atoms with van der Waals surface area (Å²) in [4.78, 5) is 39.4. The molecule has 2 aromatic carbocycles. The third-order valence-corrected chi connectivity index (χ3v) is 5.30. The van der Waals surface area contributed by atoms with E-state index in [2.05, 4.69) is 10.6 Å². The molecule has 0 saturated carbocycles. The number of amides is 3. The fraction of sp³-hybridized carbons (Fsp3) is 0.292. The summed E-state index contributed by atoms with van der Waals surface area (Å²) in [7, 11) is 1.29. The number of urea groups is 1. The summed E-state index contributed by atoms with van der Waals surface area (Å²) in [6.45, 7) is 4.24. The van der Waals surface area contributed by atoms with Crippen molar-refractivity contribution in [3.05, 3.63) is 76.7 Å². The predicted octanol–water partition coefficient (Wildman–Crippen LogP) is 4.39. The number of ether oxygens (including phenoxy) is 1. The van der Waals surface area contributed by atoms with Gasteiger partial charge in [-0.05, 0) is 49.2 Å². The Labute approximate surface area is 186 Å². The van der Waals surface area contributed by atoms with E-state index in [1.54, 1.807) is 36.1 Å². The molecule has 32 heavy (non-hydrogen) atoms. The minimum Gasteiger partial charge on any atom is -0.466 e. The lowest BCUT2D eigenvalue weighted by Gasteiger charge is -2.35. The lowest BCUT2D eigenvalue weighted by molar-refractivity contribution is -0.136. The van der Waals surface area contributed by atoms with Gasteiger partial charge < -0.3 is 15.4 Å². The van der Waals surface area contributed by atoms with Crippen LogP contribution in [0.25, 0.3) is 0 Å². The van der Waals surface area contributed by atoms with E-state index in [1.807, 2.05) is 6.92 Å². The molecule has 7 nitrogen and oxygen atoms in total. The first kappa shape index (κ1) is 23.0. The number of carbonyl (C=O) groups excluding carboxylic acids is 3. The Morgan fingerprint density at radius 3 is 2.62 bits per heavy atom. The first-order valence-corrected chi connectivity index (χ1v) is 10.4. The molecule has 0 aliphatic carbocycles. The van der Waals surface area contributed by atoms with Crippen LogP contribution in [0, 0.1) is 5.82 Å². The topological polar surface area (TPSA) is 87.7 Å². The lowest BCUT2D eigenvalue weighted by atomic mass is 9.94. The molecule has 3 rings (SSSR count). The van der Waals surface area contributed by atoms with Gasteiger partial charge in [0.2, 0.25) is 0 Å². The summed E-state index contributed by atoms with van der Waals surface area (Å²) in [6, 6.07) is 11.1. The third kappa shape index (κ3) is 4.96. The van der Waals surface area contributed by atoms with Crippen LogP contribution in [0.15, 0.2) is 59.8 Å². The van der Waals surface area contributed by atoms with Crippen molar-refractivity contribution in [2.24, 2.45) is 0 Å². The second-order valence-corrected chi connectivity index (χ2v) is 7.47. The number of hydrogen-bond donors (Lipinski definition) is 2. The smallest absolute Gasteiger partial charge is 0.337 e. The van der Waals surface area contributed by atoms with Gasteiger partial charge in [0.1, 0.15) is 5.82 Å². The van der Waals surface area contributed by atoms with E-state index in [0.717, 1.165) is 18.9 Å². The van der Waals surface area contributed by atoms with Crippen LogP contribution in [0.2, 0.25) is 0 Å². The van der Waals surface area contributed by atoms with Crippen LogP contribution in [-0.4, -0.2) is 36.5 Å². The number of allylic oxidation sites excluding steroid dienone is 1. The Balaban J connectivity index is 1.92. The summed E-state index contributed by atoms with van der Waals surface area (Å²) >= 11 is 0. The molecule has 0 fully saturated rings. The molecular formula is C24H26FN3O4. The van der Waals surface area contributed by atoms with E-state index in [9.17, 15) is 18.8 Å². The Bertz CT molecular complexity index is 1070. The first-order chi connectivity index (χ1) is 15.3. The molecule has 2 N–H and O–H groups in total. The summed E-state index contributed by atoms with van der Waals surface area (Å²) < 4.78 is 18.4. The predicted molar refractivity (Wildman–Crippen MR) is 118 cm³/mol. The van der Waals surface area contributed by atoms with Crippen molar-refractivity contribution in [3.8, 4) is 0 Å². The van der Waals surface area contributed by atoms with Gasteiger partial charge in [-0.15, -0.1) is 0 Å². The molecule has 0 radical (unpaired) electrons. The van der Waals surface area contributed by atoms with Crippen molar-refractivity contribution in [3.63, 3.8) is 0 Å². The van der Waals surface area contributed by atoms with Crippen LogP contribution in [0.1, 0.15) is 48.7 Å². The molecule has 168 valence electrons. The average Bonchev–Trinajstić information content (AvgIpc) is 2.78. The van der Waals surface area contributed by atoms with E-state index < -0.39 is 23.7 Å². The zero-order valence-corrected chi connectivity index (χ0v) is 18.3. The summed E-state index contributed by atoms with van der Waals surface area (Å²) in [5.74, 6) is -1.52. The Morgan fingerprint density at radius 2 is 1.94 bits per heavy atom. The number of carbonyl (C=O) groups is 3. The molecule has 1 atom stereocenters. The fourth-order valence-electron chi connectivity index (χ4n) is 3.62. The zero-order valence-electron chi connectivity index (χ0n) is 18.3. The molecule has 0 spiro atoms. The van der Waals surface area contributed by atoms with Crippen molar-refractivity contribution in [2.75, 3.05) is 19.0 Å². The van der Waals surface area contributed by atoms with E-state index >= 15 is 0 Å². The quantitative estimate of drug-likeness (QED) is 0.627. The SMILES string of the molecule is CCCCN1C(=O)NC(c2cccc(NC(=O)c3cccc(F)c3)c2)C(C(=O)OC)=C1C. The second-order valence-electron chi connectivity index (χ2n) is 7.47. The van der Waals surface area contributed by atoms with Crippen LogP contribution < -0.4 is 10.6 Å². The molecule has 3 amide bonds. The zero-order chi connectivity index (χ0) is 23.3. The molecule has 1 aliphatic rings. The molecule has 1 aliphatic heterocycles. The van der Waals surface area contributed by atoms with Crippen molar-refractivity contribution < 1.29 is 23.5 Å².